The lowest BCUT2D eigenvalue weighted by Crippen LogP contribution is -3.00. The fourth-order valence-corrected chi connectivity index (χ4v) is 4.24. The van der Waals surface area contributed by atoms with E-state index >= 15 is 0 Å². The van der Waals surface area contributed by atoms with Gasteiger partial charge in [0.15, 0.2) is 0 Å². The highest BCUT2D eigenvalue weighted by molar-refractivity contribution is 5.93. The average Bonchev–Trinajstić information content (AvgIpc) is 2.97. The lowest BCUT2D eigenvalue weighted by molar-refractivity contribution is -0.904. The molecule has 0 spiro atoms. The van der Waals surface area contributed by atoms with Crippen LogP contribution in [0.5, 0.6) is 11.5 Å². The van der Waals surface area contributed by atoms with Crippen LogP contribution in [0.2, 0.25) is 0 Å². The number of amides is 4. The number of carbonyl (C=O) groups is 2. The van der Waals surface area contributed by atoms with Crippen molar-refractivity contribution in [2.24, 2.45) is 0 Å². The molecule has 4 amide bonds. The third-order valence-corrected chi connectivity index (χ3v) is 8.16. The number of quaternary nitrogens is 2. The normalized spacial score (nSPS) is 11.2. The van der Waals surface area contributed by atoms with Crippen molar-refractivity contribution in [2.75, 3.05) is 91.3 Å². The molecule has 0 fully saturated rings. The van der Waals surface area contributed by atoms with Crippen molar-refractivity contribution >= 4 is 23.4 Å². The SMILES string of the molecule is CC[N+](C)(CC)CCNC(=O)Nc1ccc(-c2ccc(NC(=O)NCC[N+](C)(CC)CC)c(OC)c2)cc1OC.[I-]. The third-order valence-electron chi connectivity index (χ3n) is 8.16. The molecule has 0 aliphatic rings. The van der Waals surface area contributed by atoms with Crippen LogP contribution in [0.25, 0.3) is 11.1 Å². The van der Waals surface area contributed by atoms with Crippen molar-refractivity contribution in [1.82, 2.24) is 10.6 Å². The van der Waals surface area contributed by atoms with Crippen LogP contribution in [0.3, 0.4) is 0 Å². The number of nitrogens with zero attached hydrogens (tertiary/aromatic N) is 2. The molecule has 0 bridgehead atoms. The summed E-state index contributed by atoms with van der Waals surface area (Å²) in [5, 5.41) is 11.6. The van der Waals surface area contributed by atoms with Gasteiger partial charge in [0, 0.05) is 0 Å². The molecule has 0 aliphatic heterocycles. The van der Waals surface area contributed by atoms with Gasteiger partial charge in [0.25, 0.3) is 0 Å². The van der Waals surface area contributed by atoms with E-state index < -0.39 is 0 Å². The predicted octanol–water partition coefficient (Wildman–Crippen LogP) is 1.59. The van der Waals surface area contributed by atoms with Gasteiger partial charge in [-0.3, -0.25) is 0 Å². The van der Waals surface area contributed by atoms with E-state index in [1.54, 1.807) is 14.2 Å². The Labute approximate surface area is 263 Å². The Morgan fingerprint density at radius 1 is 0.659 bits per heavy atom. The van der Waals surface area contributed by atoms with E-state index in [0.29, 0.717) is 36.0 Å². The Kier molecular flexibility index (Phi) is 15.3. The van der Waals surface area contributed by atoms with Crippen LogP contribution < -0.4 is 54.7 Å². The largest absolute Gasteiger partial charge is 1.00 e. The third kappa shape index (κ3) is 10.9. The van der Waals surface area contributed by atoms with Crippen molar-refractivity contribution in [3.05, 3.63) is 36.4 Å². The van der Waals surface area contributed by atoms with Crippen molar-refractivity contribution in [1.29, 1.82) is 0 Å². The molecular formula is C30H50IN6O4+. The number of nitrogens with one attached hydrogen (secondary N) is 4. The van der Waals surface area contributed by atoms with Gasteiger partial charge in [-0.1, -0.05) is 12.1 Å². The second-order valence-corrected chi connectivity index (χ2v) is 10.5. The van der Waals surface area contributed by atoms with Crippen LogP contribution in [-0.4, -0.2) is 102 Å². The number of hydrogen-bond acceptors (Lipinski definition) is 4. The van der Waals surface area contributed by atoms with Gasteiger partial charge in [-0.2, -0.15) is 0 Å². The van der Waals surface area contributed by atoms with E-state index in [0.717, 1.165) is 59.4 Å². The summed E-state index contributed by atoms with van der Waals surface area (Å²) in [5.41, 5.74) is 2.92. The van der Waals surface area contributed by atoms with Crippen LogP contribution in [0.1, 0.15) is 27.7 Å². The maximum absolute atomic E-state index is 12.5. The molecule has 0 unspecified atom stereocenters. The smallest absolute Gasteiger partial charge is 0.319 e. The summed E-state index contributed by atoms with van der Waals surface area (Å²) in [6, 6.07) is 10.6. The zero-order valence-corrected chi connectivity index (χ0v) is 28.2. The molecule has 41 heavy (non-hydrogen) atoms. The van der Waals surface area contributed by atoms with E-state index in [2.05, 4.69) is 63.1 Å². The predicted molar refractivity (Wildman–Crippen MR) is 163 cm³/mol. The average molecular weight is 686 g/mol. The van der Waals surface area contributed by atoms with Crippen molar-refractivity contribution < 1.29 is 52.0 Å². The highest BCUT2D eigenvalue weighted by atomic mass is 127. The van der Waals surface area contributed by atoms with E-state index in [9.17, 15) is 9.59 Å². The molecule has 2 aromatic rings. The van der Waals surface area contributed by atoms with Crippen LogP contribution in [0.4, 0.5) is 21.0 Å². The number of ether oxygens (including phenoxy) is 2. The Morgan fingerprint density at radius 2 is 1.00 bits per heavy atom. The fourth-order valence-electron chi connectivity index (χ4n) is 4.24. The van der Waals surface area contributed by atoms with E-state index in [4.69, 9.17) is 9.47 Å². The second kappa shape index (κ2) is 17.2. The Balaban J connectivity index is 0.00000840. The molecule has 2 aromatic carbocycles. The molecule has 0 radical (unpaired) electrons. The first kappa shape index (κ1) is 36.3. The molecule has 0 saturated heterocycles. The first-order valence-electron chi connectivity index (χ1n) is 14.2. The number of hydrogen-bond donors (Lipinski definition) is 4. The van der Waals surface area contributed by atoms with Gasteiger partial charge < -0.3 is 63.7 Å². The molecular weight excluding hydrogens is 635 g/mol. The fraction of sp³-hybridized carbons (Fsp3) is 0.533. The summed E-state index contributed by atoms with van der Waals surface area (Å²) in [5.74, 6) is 1.08. The summed E-state index contributed by atoms with van der Waals surface area (Å²) in [4.78, 5) is 25.0. The highest BCUT2D eigenvalue weighted by Crippen LogP contribution is 2.35. The summed E-state index contributed by atoms with van der Waals surface area (Å²) >= 11 is 0. The molecule has 11 heteroatoms. The van der Waals surface area contributed by atoms with Crippen LogP contribution in [0, 0.1) is 0 Å². The van der Waals surface area contributed by atoms with Crippen molar-refractivity contribution in [3.8, 4) is 22.6 Å². The number of urea groups is 2. The van der Waals surface area contributed by atoms with Crippen molar-refractivity contribution in [2.45, 2.75) is 27.7 Å². The van der Waals surface area contributed by atoms with Gasteiger partial charge >= 0.3 is 12.1 Å². The molecule has 0 saturated carbocycles. The van der Waals surface area contributed by atoms with Crippen molar-refractivity contribution in [3.63, 3.8) is 0 Å². The Hall–Kier alpha value is -2.77. The maximum Gasteiger partial charge on any atom is 0.319 e. The topological polar surface area (TPSA) is 101 Å². The minimum absolute atomic E-state index is 0. The number of methoxy groups -OCH3 is 2. The Bertz CT molecular complexity index is 1030. The highest BCUT2D eigenvalue weighted by Gasteiger charge is 2.18. The van der Waals surface area contributed by atoms with Gasteiger partial charge in [-0.05, 0) is 63.1 Å². The quantitative estimate of drug-likeness (QED) is 0.169. The zero-order chi connectivity index (χ0) is 29.8. The first-order chi connectivity index (χ1) is 19.1. The molecule has 0 atom stereocenters. The van der Waals surface area contributed by atoms with E-state index in [1.807, 2.05) is 36.4 Å². The summed E-state index contributed by atoms with van der Waals surface area (Å²) in [7, 11) is 7.51. The lowest BCUT2D eigenvalue weighted by atomic mass is 10.0. The van der Waals surface area contributed by atoms with Crippen LogP contribution >= 0.6 is 0 Å². The molecule has 230 valence electrons. The number of carbonyl (C=O) groups excluding carboxylic acids is 2. The molecule has 0 aliphatic carbocycles. The summed E-state index contributed by atoms with van der Waals surface area (Å²) < 4.78 is 12.9. The van der Waals surface area contributed by atoms with Gasteiger partial charge in [0.2, 0.25) is 0 Å². The number of likely N-dealkylation sites (N-methyl/N-ethyl adjacent to an activating group) is 2. The first-order valence-corrected chi connectivity index (χ1v) is 14.2. The summed E-state index contributed by atoms with van der Waals surface area (Å²) in [6.45, 7) is 15.6. The van der Waals surface area contributed by atoms with Gasteiger partial charge in [-0.25, -0.2) is 9.59 Å². The zero-order valence-electron chi connectivity index (χ0n) is 26.0. The minimum atomic E-state index is -0.270. The standard InChI is InChI=1S/C30H48N6O4.HI/c1-9-35(5,10-2)19-17-31-29(37)33-25-15-13-23(21-27(25)39-7)24-14-16-26(28(22-24)40-8)34-30(38)32-18-20-36(6,11-3)12-4;/h13-16,21-22H,9-12,17-20H2,1-8H3,(H2-2,31,32,33,34,37,38);1H/p+1. The monoisotopic (exact) mass is 685 g/mol. The van der Waals surface area contributed by atoms with Gasteiger partial charge in [-0.15, -0.1) is 0 Å². The van der Waals surface area contributed by atoms with Crippen LogP contribution in [-0.2, 0) is 0 Å². The number of benzene rings is 2. The number of rotatable bonds is 15. The molecule has 10 nitrogen and oxygen atoms in total. The van der Waals surface area contributed by atoms with Crippen LogP contribution in [0.15, 0.2) is 36.4 Å². The van der Waals surface area contributed by atoms with Gasteiger partial charge in [0.1, 0.15) is 11.5 Å². The number of anilines is 2. The second-order valence-electron chi connectivity index (χ2n) is 10.5. The summed E-state index contributed by atoms with van der Waals surface area (Å²) in [6.07, 6.45) is 0. The number of halogens is 1. The molecule has 0 heterocycles. The van der Waals surface area contributed by atoms with E-state index in [1.165, 1.54) is 0 Å². The van der Waals surface area contributed by atoms with Gasteiger partial charge in [0.05, 0.1) is 92.0 Å². The maximum atomic E-state index is 12.5. The lowest BCUT2D eigenvalue weighted by Gasteiger charge is -2.32. The molecule has 4 N–H and O–H groups in total. The molecule has 0 aromatic heterocycles. The Morgan fingerprint density at radius 3 is 1.29 bits per heavy atom. The molecule has 2 rings (SSSR count). The minimum Gasteiger partial charge on any atom is -1.00 e. The van der Waals surface area contributed by atoms with E-state index in [-0.39, 0.29) is 36.0 Å².